The average molecular weight is 327 g/mol. The maximum atomic E-state index is 12.2. The largest absolute Gasteiger partial charge is 0.508 e. The van der Waals surface area contributed by atoms with Crippen molar-refractivity contribution in [3.05, 3.63) is 54.1 Å². The van der Waals surface area contributed by atoms with Gasteiger partial charge in [-0.2, -0.15) is 0 Å². The Kier molecular flexibility index (Phi) is 4.77. The molecule has 2 aromatic rings. The zero-order chi connectivity index (χ0) is 16.9. The number of aromatic hydroxyl groups is 1. The highest BCUT2D eigenvalue weighted by Gasteiger charge is 2.22. The fourth-order valence-electron chi connectivity index (χ4n) is 2.35. The Hall–Kier alpha value is -2.86. The van der Waals surface area contributed by atoms with E-state index in [0.29, 0.717) is 25.0 Å². The minimum Gasteiger partial charge on any atom is -0.508 e. The van der Waals surface area contributed by atoms with Crippen LogP contribution in [0, 0.1) is 0 Å². The van der Waals surface area contributed by atoms with Crippen LogP contribution < -0.4 is 0 Å². The van der Waals surface area contributed by atoms with Gasteiger partial charge >= 0.3 is 5.97 Å². The summed E-state index contributed by atoms with van der Waals surface area (Å²) in [7, 11) is 0. The SMILES string of the molecule is O=C(ON1COCCCC1=O)c1ccc(-c2ccc(O)cc2)cc1. The number of ether oxygens (including phenoxy) is 1. The number of carbonyl (C=O) groups is 2. The van der Waals surface area contributed by atoms with E-state index in [2.05, 4.69) is 0 Å². The molecule has 0 radical (unpaired) electrons. The number of amides is 1. The minimum absolute atomic E-state index is 0.0455. The van der Waals surface area contributed by atoms with Crippen molar-refractivity contribution in [1.29, 1.82) is 0 Å². The van der Waals surface area contributed by atoms with Crippen LogP contribution >= 0.6 is 0 Å². The Labute approximate surface area is 139 Å². The summed E-state index contributed by atoms with van der Waals surface area (Å²) in [6, 6.07) is 13.6. The number of carbonyl (C=O) groups excluding carboxylic acids is 2. The van der Waals surface area contributed by atoms with Gasteiger partial charge in [-0.3, -0.25) is 4.79 Å². The first-order chi connectivity index (χ1) is 11.6. The van der Waals surface area contributed by atoms with E-state index in [1.165, 1.54) is 0 Å². The highest BCUT2D eigenvalue weighted by molar-refractivity contribution is 5.91. The number of rotatable bonds is 3. The highest BCUT2D eigenvalue weighted by Crippen LogP contribution is 2.22. The Balaban J connectivity index is 1.69. The molecule has 6 nitrogen and oxygen atoms in total. The summed E-state index contributed by atoms with van der Waals surface area (Å²) in [5, 5.41) is 10.3. The topological polar surface area (TPSA) is 76.1 Å². The van der Waals surface area contributed by atoms with Gasteiger partial charge in [0.25, 0.3) is 5.91 Å². The molecule has 0 aliphatic carbocycles. The maximum Gasteiger partial charge on any atom is 0.363 e. The molecule has 6 heteroatoms. The van der Waals surface area contributed by atoms with Crippen molar-refractivity contribution in [1.82, 2.24) is 5.06 Å². The van der Waals surface area contributed by atoms with E-state index in [4.69, 9.17) is 9.57 Å². The lowest BCUT2D eigenvalue weighted by Crippen LogP contribution is -2.33. The van der Waals surface area contributed by atoms with Crippen LogP contribution in [0.25, 0.3) is 11.1 Å². The molecule has 0 aromatic heterocycles. The quantitative estimate of drug-likeness (QED) is 0.938. The van der Waals surface area contributed by atoms with Gasteiger partial charge in [0, 0.05) is 13.0 Å². The highest BCUT2D eigenvalue weighted by atomic mass is 16.7. The number of hydrogen-bond donors (Lipinski definition) is 1. The second-order valence-corrected chi connectivity index (χ2v) is 5.42. The van der Waals surface area contributed by atoms with Crippen LogP contribution in [0.15, 0.2) is 48.5 Å². The number of hydroxylamine groups is 2. The van der Waals surface area contributed by atoms with Crippen molar-refractivity contribution in [3.63, 3.8) is 0 Å². The molecule has 124 valence electrons. The Morgan fingerprint density at radius 3 is 2.33 bits per heavy atom. The number of benzene rings is 2. The fourth-order valence-corrected chi connectivity index (χ4v) is 2.35. The van der Waals surface area contributed by atoms with Gasteiger partial charge in [0.05, 0.1) is 5.56 Å². The second-order valence-electron chi connectivity index (χ2n) is 5.42. The molecule has 0 spiro atoms. The molecule has 1 heterocycles. The zero-order valence-electron chi connectivity index (χ0n) is 13.0. The first kappa shape index (κ1) is 16.0. The fraction of sp³-hybridized carbons (Fsp3) is 0.222. The van der Waals surface area contributed by atoms with E-state index in [9.17, 15) is 14.7 Å². The predicted octanol–water partition coefficient (Wildman–Crippen LogP) is 2.73. The van der Waals surface area contributed by atoms with E-state index in [1.807, 2.05) is 0 Å². The smallest absolute Gasteiger partial charge is 0.363 e. The molecule has 0 atom stereocenters. The summed E-state index contributed by atoms with van der Waals surface area (Å²) in [5.41, 5.74) is 2.17. The van der Waals surface area contributed by atoms with Crippen LogP contribution in [0.3, 0.4) is 0 Å². The van der Waals surface area contributed by atoms with Gasteiger partial charge in [0.2, 0.25) is 0 Å². The third-order valence-electron chi connectivity index (χ3n) is 3.68. The maximum absolute atomic E-state index is 12.2. The third-order valence-corrected chi connectivity index (χ3v) is 3.68. The Morgan fingerprint density at radius 1 is 1.04 bits per heavy atom. The van der Waals surface area contributed by atoms with Crippen LogP contribution in [0.2, 0.25) is 0 Å². The van der Waals surface area contributed by atoms with Gasteiger partial charge in [-0.05, 0) is 41.8 Å². The van der Waals surface area contributed by atoms with Crippen molar-refractivity contribution in [2.75, 3.05) is 13.3 Å². The lowest BCUT2D eigenvalue weighted by molar-refractivity contribution is -0.183. The number of phenols is 1. The first-order valence-corrected chi connectivity index (χ1v) is 7.63. The van der Waals surface area contributed by atoms with E-state index in [-0.39, 0.29) is 18.4 Å². The van der Waals surface area contributed by atoms with Gasteiger partial charge in [-0.25, -0.2) is 4.79 Å². The van der Waals surface area contributed by atoms with Gasteiger partial charge in [-0.1, -0.05) is 24.3 Å². The van der Waals surface area contributed by atoms with Crippen LogP contribution in [-0.4, -0.2) is 35.4 Å². The molecule has 1 fully saturated rings. The molecule has 1 aliphatic rings. The summed E-state index contributed by atoms with van der Waals surface area (Å²) in [5.74, 6) is -0.670. The summed E-state index contributed by atoms with van der Waals surface area (Å²) < 4.78 is 5.21. The molecule has 24 heavy (non-hydrogen) atoms. The first-order valence-electron chi connectivity index (χ1n) is 7.63. The lowest BCUT2D eigenvalue weighted by atomic mass is 10.0. The summed E-state index contributed by atoms with van der Waals surface area (Å²) in [6.45, 7) is 0.428. The number of nitrogens with zero attached hydrogens (tertiary/aromatic N) is 1. The number of phenolic OH excluding ortho intramolecular Hbond substituents is 1. The molecule has 2 aromatic carbocycles. The molecule has 1 amide bonds. The van der Waals surface area contributed by atoms with Crippen LogP contribution in [0.5, 0.6) is 5.75 Å². The van der Waals surface area contributed by atoms with Crippen LogP contribution in [0.1, 0.15) is 23.2 Å². The van der Waals surface area contributed by atoms with E-state index < -0.39 is 5.97 Å². The second kappa shape index (κ2) is 7.14. The van der Waals surface area contributed by atoms with Gasteiger partial charge in [-0.15, -0.1) is 5.06 Å². The van der Waals surface area contributed by atoms with Gasteiger partial charge in [0.1, 0.15) is 5.75 Å². The van der Waals surface area contributed by atoms with Crippen molar-refractivity contribution >= 4 is 11.9 Å². The van der Waals surface area contributed by atoms with Crippen molar-refractivity contribution in [3.8, 4) is 16.9 Å². The minimum atomic E-state index is -0.605. The average Bonchev–Trinajstić information content (AvgIpc) is 2.80. The monoisotopic (exact) mass is 327 g/mol. The van der Waals surface area contributed by atoms with Gasteiger partial charge in [0.15, 0.2) is 6.73 Å². The predicted molar refractivity (Wildman–Crippen MR) is 85.9 cm³/mol. The van der Waals surface area contributed by atoms with Gasteiger partial charge < -0.3 is 14.7 Å². The van der Waals surface area contributed by atoms with E-state index >= 15 is 0 Å². The molecule has 0 saturated carbocycles. The molecule has 1 N–H and O–H groups in total. The lowest BCUT2D eigenvalue weighted by Gasteiger charge is -2.18. The molecule has 1 aliphatic heterocycles. The molecular formula is C18H17NO5. The Bertz CT molecular complexity index is 724. The normalized spacial score (nSPS) is 15.0. The Morgan fingerprint density at radius 2 is 1.67 bits per heavy atom. The summed E-state index contributed by atoms with van der Waals surface area (Å²) in [6.07, 6.45) is 0.918. The standard InChI is InChI=1S/C18H17NO5/c20-16-9-7-14(8-10-16)13-3-5-15(6-4-13)18(22)24-19-12-23-11-1-2-17(19)21/h3-10,20H,1-2,11-12H2. The van der Waals surface area contributed by atoms with E-state index in [0.717, 1.165) is 16.2 Å². The van der Waals surface area contributed by atoms with E-state index in [1.54, 1.807) is 48.5 Å². The third kappa shape index (κ3) is 3.72. The van der Waals surface area contributed by atoms with Crippen molar-refractivity contribution in [2.45, 2.75) is 12.8 Å². The van der Waals surface area contributed by atoms with Crippen molar-refractivity contribution < 1.29 is 24.3 Å². The molecule has 1 saturated heterocycles. The number of hydrogen-bond acceptors (Lipinski definition) is 5. The van der Waals surface area contributed by atoms with Crippen LogP contribution in [0.4, 0.5) is 0 Å². The molecular weight excluding hydrogens is 310 g/mol. The van der Waals surface area contributed by atoms with Crippen LogP contribution in [-0.2, 0) is 14.4 Å². The summed E-state index contributed by atoms with van der Waals surface area (Å²) >= 11 is 0. The molecule has 0 bridgehead atoms. The summed E-state index contributed by atoms with van der Waals surface area (Å²) in [4.78, 5) is 29.1. The molecule has 3 rings (SSSR count). The zero-order valence-corrected chi connectivity index (χ0v) is 13.0. The van der Waals surface area contributed by atoms with Crippen molar-refractivity contribution in [2.24, 2.45) is 0 Å². The molecule has 0 unspecified atom stereocenters.